The van der Waals surface area contributed by atoms with Crippen LogP contribution in [0.25, 0.3) is 0 Å². The van der Waals surface area contributed by atoms with Crippen LogP contribution in [0.2, 0.25) is 5.02 Å². The molecule has 164 valence electrons. The highest BCUT2D eigenvalue weighted by Crippen LogP contribution is 2.49. The number of amides is 2. The molecule has 0 bridgehead atoms. The molecule has 0 N–H and O–H groups in total. The molecule has 2 heterocycles. The second-order valence-corrected chi connectivity index (χ2v) is 9.40. The molecule has 3 aliphatic rings. The third-order valence-electron chi connectivity index (χ3n) is 7.18. The van der Waals surface area contributed by atoms with Gasteiger partial charge in [0.25, 0.3) is 5.91 Å². The zero-order chi connectivity index (χ0) is 21.1. The van der Waals surface area contributed by atoms with Crippen LogP contribution in [0.15, 0.2) is 18.2 Å². The molecule has 1 saturated carbocycles. The van der Waals surface area contributed by atoms with Crippen molar-refractivity contribution in [2.45, 2.75) is 44.9 Å². The third kappa shape index (κ3) is 4.50. The van der Waals surface area contributed by atoms with Crippen molar-refractivity contribution < 1.29 is 18.7 Å². The first-order valence-electron chi connectivity index (χ1n) is 11.1. The molecule has 4 rings (SSSR count). The Morgan fingerprint density at radius 3 is 2.60 bits per heavy atom. The molecule has 30 heavy (non-hydrogen) atoms. The fourth-order valence-electron chi connectivity index (χ4n) is 5.51. The van der Waals surface area contributed by atoms with E-state index in [-0.39, 0.29) is 28.7 Å². The van der Waals surface area contributed by atoms with E-state index >= 15 is 0 Å². The second kappa shape index (κ2) is 9.23. The monoisotopic (exact) mass is 436 g/mol. The van der Waals surface area contributed by atoms with Gasteiger partial charge in [0.05, 0.1) is 18.8 Å². The number of ether oxygens (including phenoxy) is 1. The van der Waals surface area contributed by atoms with Crippen molar-refractivity contribution in [1.82, 2.24) is 9.80 Å². The number of carbonyl (C=O) groups excluding carboxylic acids is 2. The Labute approximate surface area is 182 Å². The zero-order valence-electron chi connectivity index (χ0n) is 17.4. The van der Waals surface area contributed by atoms with Gasteiger partial charge in [0, 0.05) is 37.6 Å². The van der Waals surface area contributed by atoms with E-state index in [1.54, 1.807) is 4.90 Å². The summed E-state index contributed by atoms with van der Waals surface area (Å²) < 4.78 is 19.6. The number of hydrogen-bond acceptors (Lipinski definition) is 3. The Kier molecular flexibility index (Phi) is 6.63. The van der Waals surface area contributed by atoms with Crippen LogP contribution >= 0.6 is 11.6 Å². The number of benzene rings is 1. The number of rotatable bonds is 4. The molecule has 1 aliphatic carbocycles. The minimum atomic E-state index is -0.534. The molecule has 1 atom stereocenters. The summed E-state index contributed by atoms with van der Waals surface area (Å²) in [5.74, 6) is -0.376. The molecule has 0 radical (unpaired) electrons. The van der Waals surface area contributed by atoms with Gasteiger partial charge in [-0.05, 0) is 48.8 Å². The maximum atomic E-state index is 14.3. The number of morpholine rings is 1. The highest BCUT2D eigenvalue weighted by molar-refractivity contribution is 6.31. The van der Waals surface area contributed by atoms with E-state index in [2.05, 4.69) is 0 Å². The lowest BCUT2D eigenvalue weighted by Gasteiger charge is -2.38. The largest absolute Gasteiger partial charge is 0.378 e. The standard InChI is InChI=1S/C23H30ClFN2O3/c24-18-5-6-20(25)19(14-18)22(29)27-15-17(23(16-27)8-2-1-3-9-23)4-7-21(28)26-10-12-30-13-11-26/h5-6,14,17H,1-4,7-13,15-16H2. The normalized spacial score (nSPS) is 23.7. The Morgan fingerprint density at radius 1 is 1.13 bits per heavy atom. The van der Waals surface area contributed by atoms with Gasteiger partial charge in [0.1, 0.15) is 5.82 Å². The van der Waals surface area contributed by atoms with Crippen molar-refractivity contribution in [3.63, 3.8) is 0 Å². The molecule has 7 heteroatoms. The Bertz CT molecular complexity index is 791. The second-order valence-electron chi connectivity index (χ2n) is 8.96. The van der Waals surface area contributed by atoms with Gasteiger partial charge < -0.3 is 14.5 Å². The smallest absolute Gasteiger partial charge is 0.256 e. The van der Waals surface area contributed by atoms with Gasteiger partial charge >= 0.3 is 0 Å². The molecule has 5 nitrogen and oxygen atoms in total. The van der Waals surface area contributed by atoms with Gasteiger partial charge in [-0.2, -0.15) is 0 Å². The van der Waals surface area contributed by atoms with Crippen molar-refractivity contribution in [2.24, 2.45) is 11.3 Å². The van der Waals surface area contributed by atoms with E-state index in [1.165, 1.54) is 24.6 Å². The molecule has 3 fully saturated rings. The predicted molar refractivity (Wildman–Crippen MR) is 113 cm³/mol. The molecule has 1 aromatic carbocycles. The minimum absolute atomic E-state index is 0.0403. The summed E-state index contributed by atoms with van der Waals surface area (Å²) in [6.07, 6.45) is 6.95. The van der Waals surface area contributed by atoms with Crippen LogP contribution < -0.4 is 0 Å². The summed E-state index contributed by atoms with van der Waals surface area (Å²) in [7, 11) is 0. The summed E-state index contributed by atoms with van der Waals surface area (Å²) in [5, 5.41) is 0.360. The van der Waals surface area contributed by atoms with E-state index in [0.29, 0.717) is 50.8 Å². The summed E-state index contributed by atoms with van der Waals surface area (Å²) in [6, 6.07) is 4.13. The van der Waals surface area contributed by atoms with E-state index in [0.717, 1.165) is 32.1 Å². The fourth-order valence-corrected chi connectivity index (χ4v) is 5.68. The van der Waals surface area contributed by atoms with Gasteiger partial charge in [0.2, 0.25) is 5.91 Å². The maximum Gasteiger partial charge on any atom is 0.256 e. The van der Waals surface area contributed by atoms with Crippen LogP contribution in [-0.2, 0) is 9.53 Å². The van der Waals surface area contributed by atoms with Gasteiger partial charge in [-0.3, -0.25) is 9.59 Å². The van der Waals surface area contributed by atoms with Crippen LogP contribution in [0.1, 0.15) is 55.3 Å². The Morgan fingerprint density at radius 2 is 1.87 bits per heavy atom. The average molecular weight is 437 g/mol. The molecule has 0 aromatic heterocycles. The molecule has 1 spiro atoms. The summed E-state index contributed by atoms with van der Waals surface area (Å²) in [4.78, 5) is 29.5. The first-order chi connectivity index (χ1) is 14.5. The van der Waals surface area contributed by atoms with Crippen molar-refractivity contribution in [3.05, 3.63) is 34.6 Å². The summed E-state index contributed by atoms with van der Waals surface area (Å²) in [6.45, 7) is 3.76. The van der Waals surface area contributed by atoms with Gasteiger partial charge in [0.15, 0.2) is 0 Å². The van der Waals surface area contributed by atoms with Crippen molar-refractivity contribution in [3.8, 4) is 0 Å². The highest BCUT2D eigenvalue weighted by atomic mass is 35.5. The Hall–Kier alpha value is -1.66. The fraction of sp³-hybridized carbons (Fsp3) is 0.652. The summed E-state index contributed by atoms with van der Waals surface area (Å²) in [5.41, 5.74) is 0.0901. The lowest BCUT2D eigenvalue weighted by atomic mass is 9.66. The van der Waals surface area contributed by atoms with E-state index in [9.17, 15) is 14.0 Å². The van der Waals surface area contributed by atoms with Crippen molar-refractivity contribution in [2.75, 3.05) is 39.4 Å². The third-order valence-corrected chi connectivity index (χ3v) is 7.41. The topological polar surface area (TPSA) is 49.9 Å². The lowest BCUT2D eigenvalue weighted by molar-refractivity contribution is -0.135. The number of carbonyl (C=O) groups is 2. The Balaban J connectivity index is 1.47. The van der Waals surface area contributed by atoms with Crippen LogP contribution in [0, 0.1) is 17.2 Å². The quantitative estimate of drug-likeness (QED) is 0.712. The van der Waals surface area contributed by atoms with Crippen LogP contribution in [0.4, 0.5) is 4.39 Å². The lowest BCUT2D eigenvalue weighted by Crippen LogP contribution is -2.41. The predicted octanol–water partition coefficient (Wildman–Crippen LogP) is 4.14. The first-order valence-corrected chi connectivity index (χ1v) is 11.5. The molecular weight excluding hydrogens is 407 g/mol. The van der Waals surface area contributed by atoms with Gasteiger partial charge in [-0.25, -0.2) is 4.39 Å². The molecule has 2 saturated heterocycles. The number of likely N-dealkylation sites (tertiary alicyclic amines) is 1. The average Bonchev–Trinajstić information content (AvgIpc) is 3.11. The summed E-state index contributed by atoms with van der Waals surface area (Å²) >= 11 is 6.01. The van der Waals surface area contributed by atoms with Crippen LogP contribution in [0.3, 0.4) is 0 Å². The van der Waals surface area contributed by atoms with Crippen LogP contribution in [0.5, 0.6) is 0 Å². The molecule has 1 unspecified atom stereocenters. The first kappa shape index (κ1) is 21.6. The molecule has 1 aromatic rings. The zero-order valence-corrected chi connectivity index (χ0v) is 18.1. The van der Waals surface area contributed by atoms with Crippen molar-refractivity contribution in [1.29, 1.82) is 0 Å². The van der Waals surface area contributed by atoms with E-state index in [1.807, 2.05) is 4.90 Å². The SMILES string of the molecule is O=C(CCC1CN(C(=O)c2cc(Cl)ccc2F)CC12CCCCC2)N1CCOCC1. The van der Waals surface area contributed by atoms with Crippen LogP contribution in [-0.4, -0.2) is 61.0 Å². The minimum Gasteiger partial charge on any atom is -0.378 e. The van der Waals surface area contributed by atoms with Crippen molar-refractivity contribution >= 4 is 23.4 Å². The van der Waals surface area contributed by atoms with E-state index in [4.69, 9.17) is 16.3 Å². The highest BCUT2D eigenvalue weighted by Gasteiger charge is 2.48. The number of hydrogen-bond donors (Lipinski definition) is 0. The van der Waals surface area contributed by atoms with Gasteiger partial charge in [-0.1, -0.05) is 30.9 Å². The maximum absolute atomic E-state index is 14.3. The molecular formula is C23H30ClFN2O3. The molecule has 2 amide bonds. The van der Waals surface area contributed by atoms with Gasteiger partial charge in [-0.15, -0.1) is 0 Å². The number of nitrogens with zero attached hydrogens (tertiary/aromatic N) is 2. The van der Waals surface area contributed by atoms with E-state index < -0.39 is 5.82 Å². The molecule has 2 aliphatic heterocycles. The number of halogens is 2.